The zero-order valence-corrected chi connectivity index (χ0v) is 11.3. The van der Waals surface area contributed by atoms with Crippen LogP contribution in [-0.4, -0.2) is 21.0 Å². The van der Waals surface area contributed by atoms with Gasteiger partial charge in [-0.05, 0) is 37.0 Å². The van der Waals surface area contributed by atoms with Crippen molar-refractivity contribution in [3.05, 3.63) is 34.2 Å². The Labute approximate surface area is 108 Å². The van der Waals surface area contributed by atoms with Gasteiger partial charge in [0.15, 0.2) is 0 Å². The van der Waals surface area contributed by atoms with Crippen molar-refractivity contribution in [2.24, 2.45) is 0 Å². The van der Waals surface area contributed by atoms with Crippen molar-refractivity contribution in [3.8, 4) is 0 Å². The SMILES string of the molecule is Cc1cccc2c1S(=O)(=O)C(CNC1CCC1)=C2. The Morgan fingerprint density at radius 2 is 2.11 bits per heavy atom. The molecule has 0 bridgehead atoms. The second-order valence-corrected chi connectivity index (χ2v) is 7.06. The van der Waals surface area contributed by atoms with Crippen LogP contribution in [0.4, 0.5) is 0 Å². The summed E-state index contributed by atoms with van der Waals surface area (Å²) in [5, 5.41) is 3.32. The van der Waals surface area contributed by atoms with Gasteiger partial charge in [0.2, 0.25) is 9.84 Å². The van der Waals surface area contributed by atoms with Crippen molar-refractivity contribution < 1.29 is 8.42 Å². The molecule has 96 valence electrons. The van der Waals surface area contributed by atoms with Crippen LogP contribution >= 0.6 is 0 Å². The molecule has 0 spiro atoms. The highest BCUT2D eigenvalue weighted by Gasteiger charge is 2.31. The van der Waals surface area contributed by atoms with Crippen molar-refractivity contribution in [1.29, 1.82) is 0 Å². The molecule has 1 aromatic carbocycles. The average molecular weight is 263 g/mol. The van der Waals surface area contributed by atoms with Crippen molar-refractivity contribution in [2.45, 2.75) is 37.1 Å². The topological polar surface area (TPSA) is 46.2 Å². The summed E-state index contributed by atoms with van der Waals surface area (Å²) in [5.41, 5.74) is 1.67. The van der Waals surface area contributed by atoms with E-state index < -0.39 is 9.84 Å². The molecule has 0 amide bonds. The number of nitrogens with one attached hydrogen (secondary N) is 1. The molecule has 0 aromatic heterocycles. The van der Waals surface area contributed by atoms with Gasteiger partial charge in [-0.2, -0.15) is 0 Å². The Balaban J connectivity index is 1.88. The minimum absolute atomic E-state index is 0.459. The number of benzene rings is 1. The summed E-state index contributed by atoms with van der Waals surface area (Å²) in [7, 11) is -3.26. The average Bonchev–Trinajstić information content (AvgIpc) is 2.49. The highest BCUT2D eigenvalue weighted by atomic mass is 32.2. The first-order valence-corrected chi connectivity index (χ1v) is 7.86. The number of sulfone groups is 1. The molecule has 0 saturated heterocycles. The maximum atomic E-state index is 12.4. The normalized spacial score (nSPS) is 21.3. The Morgan fingerprint density at radius 1 is 1.33 bits per heavy atom. The lowest BCUT2D eigenvalue weighted by atomic mass is 9.93. The van der Waals surface area contributed by atoms with Gasteiger partial charge in [0.05, 0.1) is 9.80 Å². The van der Waals surface area contributed by atoms with E-state index in [1.54, 1.807) is 0 Å². The highest BCUT2D eigenvalue weighted by Crippen LogP contribution is 2.34. The van der Waals surface area contributed by atoms with E-state index in [-0.39, 0.29) is 0 Å². The maximum absolute atomic E-state index is 12.4. The van der Waals surface area contributed by atoms with Crippen molar-refractivity contribution in [2.75, 3.05) is 6.54 Å². The summed E-state index contributed by atoms with van der Waals surface area (Å²) in [5.74, 6) is 0. The molecule has 0 unspecified atom stereocenters. The van der Waals surface area contributed by atoms with Crippen LogP contribution in [-0.2, 0) is 9.84 Å². The molecule has 3 nitrogen and oxygen atoms in total. The molecule has 3 rings (SSSR count). The number of hydrogen-bond donors (Lipinski definition) is 1. The molecule has 4 heteroatoms. The fourth-order valence-electron chi connectivity index (χ4n) is 2.54. The molecule has 0 atom stereocenters. The third-order valence-electron chi connectivity index (χ3n) is 3.84. The monoisotopic (exact) mass is 263 g/mol. The maximum Gasteiger partial charge on any atom is 0.204 e. The fraction of sp³-hybridized carbons (Fsp3) is 0.429. The first-order chi connectivity index (χ1) is 8.59. The van der Waals surface area contributed by atoms with E-state index in [9.17, 15) is 8.42 Å². The van der Waals surface area contributed by atoms with Crippen LogP contribution in [0.2, 0.25) is 0 Å². The van der Waals surface area contributed by atoms with Crippen LogP contribution in [0, 0.1) is 6.92 Å². The van der Waals surface area contributed by atoms with Gasteiger partial charge in [0, 0.05) is 12.6 Å². The van der Waals surface area contributed by atoms with Crippen LogP contribution in [0.5, 0.6) is 0 Å². The molecule has 18 heavy (non-hydrogen) atoms. The molecular weight excluding hydrogens is 246 g/mol. The summed E-state index contributed by atoms with van der Waals surface area (Å²) in [6, 6.07) is 6.14. The zero-order chi connectivity index (χ0) is 12.8. The van der Waals surface area contributed by atoms with E-state index in [1.807, 2.05) is 31.2 Å². The number of aryl methyl sites for hydroxylation is 1. The molecule has 1 N–H and O–H groups in total. The minimum atomic E-state index is -3.26. The van der Waals surface area contributed by atoms with Gasteiger partial charge in [-0.3, -0.25) is 0 Å². The molecule has 2 aliphatic rings. The Kier molecular flexibility index (Phi) is 2.79. The second kappa shape index (κ2) is 4.21. The molecular formula is C14H17NO2S. The van der Waals surface area contributed by atoms with Gasteiger partial charge in [-0.25, -0.2) is 8.42 Å². The van der Waals surface area contributed by atoms with Crippen molar-refractivity contribution in [1.82, 2.24) is 5.32 Å². The zero-order valence-electron chi connectivity index (χ0n) is 10.4. The molecule has 1 heterocycles. The summed E-state index contributed by atoms with van der Waals surface area (Å²) in [4.78, 5) is 1.01. The second-order valence-electron chi connectivity index (χ2n) is 5.12. The summed E-state index contributed by atoms with van der Waals surface area (Å²) >= 11 is 0. The first-order valence-electron chi connectivity index (χ1n) is 6.38. The lowest BCUT2D eigenvalue weighted by Crippen LogP contribution is -2.36. The van der Waals surface area contributed by atoms with Crippen LogP contribution in [0.3, 0.4) is 0 Å². The lowest BCUT2D eigenvalue weighted by molar-refractivity contribution is 0.351. The van der Waals surface area contributed by atoms with Gasteiger partial charge in [0.1, 0.15) is 0 Å². The minimum Gasteiger partial charge on any atom is -0.309 e. The number of hydrogen-bond acceptors (Lipinski definition) is 3. The Hall–Kier alpha value is -1.13. The van der Waals surface area contributed by atoms with Crippen LogP contribution in [0.15, 0.2) is 28.0 Å². The summed E-state index contributed by atoms with van der Waals surface area (Å²) in [6.07, 6.45) is 5.39. The van der Waals surface area contributed by atoms with Crippen LogP contribution in [0.25, 0.3) is 6.08 Å². The molecule has 1 aliphatic carbocycles. The van der Waals surface area contributed by atoms with E-state index in [0.717, 1.165) is 11.1 Å². The standard InChI is InChI=1S/C14H17NO2S/c1-10-4-2-5-11-8-13(18(16,17)14(10)11)9-15-12-6-3-7-12/h2,4-5,8,12,15H,3,6-7,9H2,1H3. The van der Waals surface area contributed by atoms with Gasteiger partial charge in [0.25, 0.3) is 0 Å². The molecule has 0 radical (unpaired) electrons. The van der Waals surface area contributed by atoms with E-state index in [1.165, 1.54) is 19.3 Å². The van der Waals surface area contributed by atoms with Gasteiger partial charge in [-0.15, -0.1) is 0 Å². The van der Waals surface area contributed by atoms with Gasteiger partial charge in [-0.1, -0.05) is 24.6 Å². The van der Waals surface area contributed by atoms with Crippen molar-refractivity contribution >= 4 is 15.9 Å². The third-order valence-corrected chi connectivity index (χ3v) is 5.89. The van der Waals surface area contributed by atoms with E-state index in [0.29, 0.717) is 22.4 Å². The largest absolute Gasteiger partial charge is 0.309 e. The molecule has 1 saturated carbocycles. The van der Waals surface area contributed by atoms with Crippen molar-refractivity contribution in [3.63, 3.8) is 0 Å². The highest BCUT2D eigenvalue weighted by molar-refractivity contribution is 7.96. The quantitative estimate of drug-likeness (QED) is 0.910. The lowest BCUT2D eigenvalue weighted by Gasteiger charge is -2.26. The molecule has 1 fully saturated rings. The number of rotatable bonds is 3. The van der Waals surface area contributed by atoms with E-state index in [4.69, 9.17) is 0 Å². The van der Waals surface area contributed by atoms with Crippen LogP contribution in [0.1, 0.15) is 30.4 Å². The summed E-state index contributed by atoms with van der Waals surface area (Å²) in [6.45, 7) is 2.31. The Bertz CT molecular complexity index is 613. The Morgan fingerprint density at radius 3 is 2.72 bits per heavy atom. The van der Waals surface area contributed by atoms with Gasteiger partial charge < -0.3 is 5.32 Å². The predicted octanol–water partition coefficient (Wildman–Crippen LogP) is 2.27. The predicted molar refractivity (Wildman–Crippen MR) is 72.0 cm³/mol. The first kappa shape index (κ1) is 11.9. The van der Waals surface area contributed by atoms with E-state index >= 15 is 0 Å². The van der Waals surface area contributed by atoms with E-state index in [2.05, 4.69) is 5.32 Å². The molecule has 1 aliphatic heterocycles. The van der Waals surface area contributed by atoms with Gasteiger partial charge >= 0.3 is 0 Å². The smallest absolute Gasteiger partial charge is 0.204 e. The number of fused-ring (bicyclic) bond motifs is 1. The molecule has 1 aromatic rings. The van der Waals surface area contributed by atoms with Crippen LogP contribution < -0.4 is 5.32 Å². The summed E-state index contributed by atoms with van der Waals surface area (Å²) < 4.78 is 24.8. The third kappa shape index (κ3) is 1.80. The fourth-order valence-corrected chi connectivity index (χ4v) is 4.29.